The van der Waals surface area contributed by atoms with Gasteiger partial charge in [0.2, 0.25) is 11.8 Å². The van der Waals surface area contributed by atoms with E-state index in [9.17, 15) is 31.1 Å². The largest absolute Gasteiger partial charge is 0.490 e. The highest BCUT2D eigenvalue weighted by atomic mass is 19.4. The Kier molecular flexibility index (Phi) is 11.8. The predicted octanol–water partition coefficient (Wildman–Crippen LogP) is 2.86. The number of alkyl halides is 6. The molecule has 0 unspecified atom stereocenters. The van der Waals surface area contributed by atoms with Gasteiger partial charge in [0.1, 0.15) is 0 Å². The number of hydrogen-bond donors (Lipinski definition) is 3. The Hall–Kier alpha value is -3.14. The summed E-state index contributed by atoms with van der Waals surface area (Å²) in [6, 6.07) is 4.09. The highest BCUT2D eigenvalue weighted by Gasteiger charge is 2.53. The molecule has 10 nitrogen and oxygen atoms in total. The van der Waals surface area contributed by atoms with E-state index in [1.807, 2.05) is 26.0 Å². The first-order valence-corrected chi connectivity index (χ1v) is 11.2. The molecule has 216 valence electrons. The fourth-order valence-electron chi connectivity index (χ4n) is 3.86. The molecule has 38 heavy (non-hydrogen) atoms. The lowest BCUT2D eigenvalue weighted by molar-refractivity contribution is -0.193. The Morgan fingerprint density at radius 3 is 2.21 bits per heavy atom. The molecule has 0 aliphatic carbocycles. The number of rotatable bonds is 5. The van der Waals surface area contributed by atoms with E-state index in [-0.39, 0.29) is 18.1 Å². The van der Waals surface area contributed by atoms with Crippen LogP contribution < -0.4 is 10.1 Å². The number of carboxylic acids is 2. The summed E-state index contributed by atoms with van der Waals surface area (Å²) in [6.45, 7) is 7.04. The summed E-state index contributed by atoms with van der Waals surface area (Å²) in [6.07, 6.45) is -6.73. The highest BCUT2D eigenvalue weighted by molar-refractivity contribution is 5.84. The van der Waals surface area contributed by atoms with Gasteiger partial charge in [-0.05, 0) is 32.8 Å². The van der Waals surface area contributed by atoms with Crippen LogP contribution in [0.2, 0.25) is 0 Å². The second kappa shape index (κ2) is 13.6. The Bertz CT molecular complexity index is 934. The van der Waals surface area contributed by atoms with Crippen LogP contribution in [-0.2, 0) is 25.7 Å². The average Bonchev–Trinajstić information content (AvgIpc) is 3.23. The van der Waals surface area contributed by atoms with E-state index < -0.39 is 29.7 Å². The van der Waals surface area contributed by atoms with E-state index >= 15 is 0 Å². The molecule has 2 fully saturated rings. The van der Waals surface area contributed by atoms with Crippen LogP contribution in [0, 0.1) is 5.41 Å². The Balaban J connectivity index is 0.000000426. The molecule has 2 saturated heterocycles. The monoisotopic (exact) mass is 561 g/mol. The van der Waals surface area contributed by atoms with Gasteiger partial charge in [-0.1, -0.05) is 6.07 Å². The first kappa shape index (κ1) is 32.9. The number of nitrogens with zero attached hydrogens (tertiary/aromatic N) is 2. The number of carbonyl (C=O) groups is 3. The van der Waals surface area contributed by atoms with Gasteiger partial charge in [-0.3, -0.25) is 9.69 Å². The molecule has 0 aromatic carbocycles. The minimum Gasteiger partial charge on any atom is -0.481 e. The van der Waals surface area contributed by atoms with Gasteiger partial charge >= 0.3 is 24.3 Å². The lowest BCUT2D eigenvalue weighted by Crippen LogP contribution is -2.57. The molecule has 0 radical (unpaired) electrons. The standard InChI is InChI=1S/C18H27N3O3.2C2HF3O2/c1-13(2)20-17(22)18-7-10-24-15(18)6-9-21(12-18)11-14-5-4-8-19-16(14)23-3;2*3-2(4,5)1(6)7/h4-5,8,13,15H,6-7,9-12H2,1-3H3,(H,20,22);2*(H,6,7)/t15-,18-;;/m1../s1. The Morgan fingerprint density at radius 2 is 1.74 bits per heavy atom. The molecule has 2 aliphatic heterocycles. The van der Waals surface area contributed by atoms with E-state index in [2.05, 4.69) is 15.2 Å². The van der Waals surface area contributed by atoms with Gasteiger partial charge in [0.15, 0.2) is 0 Å². The molecule has 1 aromatic heterocycles. The molecule has 0 spiro atoms. The third kappa shape index (κ3) is 9.63. The van der Waals surface area contributed by atoms with E-state index in [0.29, 0.717) is 19.0 Å². The zero-order chi connectivity index (χ0) is 29.3. The van der Waals surface area contributed by atoms with Crippen molar-refractivity contribution in [1.82, 2.24) is 15.2 Å². The lowest BCUT2D eigenvalue weighted by atomic mass is 9.75. The fraction of sp³-hybridized carbons (Fsp3) is 0.636. The summed E-state index contributed by atoms with van der Waals surface area (Å²) in [5.41, 5.74) is 0.620. The van der Waals surface area contributed by atoms with Crippen molar-refractivity contribution < 1.29 is 60.4 Å². The lowest BCUT2D eigenvalue weighted by Gasteiger charge is -2.42. The van der Waals surface area contributed by atoms with Crippen LogP contribution in [0.5, 0.6) is 5.88 Å². The minimum atomic E-state index is -5.08. The van der Waals surface area contributed by atoms with Crippen molar-refractivity contribution in [3.8, 4) is 5.88 Å². The Morgan fingerprint density at radius 1 is 1.18 bits per heavy atom. The number of aromatic nitrogens is 1. The number of nitrogens with one attached hydrogen (secondary N) is 1. The van der Waals surface area contributed by atoms with Crippen LogP contribution in [0.15, 0.2) is 18.3 Å². The van der Waals surface area contributed by atoms with Gasteiger partial charge in [-0.25, -0.2) is 14.6 Å². The molecule has 2 aliphatic rings. The van der Waals surface area contributed by atoms with Crippen molar-refractivity contribution in [2.45, 2.75) is 57.7 Å². The summed E-state index contributed by atoms with van der Waals surface area (Å²) in [5, 5.41) is 17.3. The van der Waals surface area contributed by atoms with Crippen molar-refractivity contribution in [3.63, 3.8) is 0 Å². The maximum absolute atomic E-state index is 12.9. The topological polar surface area (TPSA) is 138 Å². The summed E-state index contributed by atoms with van der Waals surface area (Å²) in [5.74, 6) is -4.73. The van der Waals surface area contributed by atoms with Crippen LogP contribution in [0.4, 0.5) is 26.3 Å². The number of carboxylic acid groups (broad SMARTS) is 2. The third-order valence-corrected chi connectivity index (χ3v) is 5.49. The maximum Gasteiger partial charge on any atom is 0.490 e. The third-order valence-electron chi connectivity index (χ3n) is 5.49. The first-order valence-electron chi connectivity index (χ1n) is 11.2. The predicted molar refractivity (Wildman–Crippen MR) is 118 cm³/mol. The van der Waals surface area contributed by atoms with Gasteiger partial charge in [0.25, 0.3) is 0 Å². The summed E-state index contributed by atoms with van der Waals surface area (Å²) < 4.78 is 74.7. The van der Waals surface area contributed by atoms with Crippen molar-refractivity contribution in [3.05, 3.63) is 23.9 Å². The molecular formula is C22H29F6N3O7. The number of likely N-dealkylation sites (tertiary alicyclic amines) is 1. The second-order valence-corrected chi connectivity index (χ2v) is 8.67. The van der Waals surface area contributed by atoms with Gasteiger partial charge in [0.05, 0.1) is 18.6 Å². The summed E-state index contributed by atoms with van der Waals surface area (Å²) in [7, 11) is 1.64. The zero-order valence-corrected chi connectivity index (χ0v) is 20.7. The molecule has 3 N–H and O–H groups in total. The van der Waals surface area contributed by atoms with Crippen LogP contribution in [0.3, 0.4) is 0 Å². The summed E-state index contributed by atoms with van der Waals surface area (Å²) >= 11 is 0. The van der Waals surface area contributed by atoms with Crippen molar-refractivity contribution >= 4 is 17.8 Å². The molecule has 1 amide bonds. The van der Waals surface area contributed by atoms with Crippen LogP contribution in [0.1, 0.15) is 32.3 Å². The van der Waals surface area contributed by atoms with Gasteiger partial charge in [-0.15, -0.1) is 0 Å². The van der Waals surface area contributed by atoms with Crippen LogP contribution >= 0.6 is 0 Å². The molecule has 3 heterocycles. The number of methoxy groups -OCH3 is 1. The van der Waals surface area contributed by atoms with E-state index in [1.165, 1.54) is 0 Å². The molecule has 2 atom stereocenters. The Labute approximate surface area is 213 Å². The van der Waals surface area contributed by atoms with Crippen LogP contribution in [-0.4, -0.2) is 89.2 Å². The molecule has 16 heteroatoms. The summed E-state index contributed by atoms with van der Waals surface area (Å²) in [4.78, 5) is 37.3. The molecule has 1 aromatic rings. The van der Waals surface area contributed by atoms with Gasteiger partial charge in [0, 0.05) is 44.0 Å². The molecular weight excluding hydrogens is 532 g/mol. The average molecular weight is 561 g/mol. The fourth-order valence-corrected chi connectivity index (χ4v) is 3.86. The maximum atomic E-state index is 12.9. The van der Waals surface area contributed by atoms with Gasteiger partial charge < -0.3 is 25.0 Å². The number of hydrogen-bond acceptors (Lipinski definition) is 7. The first-order chi connectivity index (χ1) is 17.4. The smallest absolute Gasteiger partial charge is 0.481 e. The normalized spacial score (nSPS) is 21.3. The van der Waals surface area contributed by atoms with Crippen molar-refractivity contribution in [2.24, 2.45) is 5.41 Å². The van der Waals surface area contributed by atoms with E-state index in [1.54, 1.807) is 13.3 Å². The number of carbonyl (C=O) groups excluding carboxylic acids is 1. The number of pyridine rings is 1. The zero-order valence-electron chi connectivity index (χ0n) is 20.7. The number of fused-ring (bicyclic) bond motifs is 1. The van der Waals surface area contributed by atoms with Crippen molar-refractivity contribution in [2.75, 3.05) is 26.8 Å². The quantitative estimate of drug-likeness (QED) is 0.464. The number of ether oxygens (including phenoxy) is 2. The number of halogens is 6. The minimum absolute atomic E-state index is 0.0308. The molecule has 0 bridgehead atoms. The number of amides is 1. The number of piperidine rings is 1. The SMILES string of the molecule is COc1ncccc1CN1CC[C@H]2OCC[C@@]2(C(=O)NC(C)C)C1.O=C(O)C(F)(F)F.O=C(O)C(F)(F)F. The number of aliphatic carboxylic acids is 2. The van der Waals surface area contributed by atoms with E-state index in [0.717, 1.165) is 31.5 Å². The van der Waals surface area contributed by atoms with Gasteiger partial charge in [-0.2, -0.15) is 26.3 Å². The second-order valence-electron chi connectivity index (χ2n) is 8.67. The van der Waals surface area contributed by atoms with Crippen LogP contribution in [0.25, 0.3) is 0 Å². The van der Waals surface area contributed by atoms with Crippen molar-refractivity contribution in [1.29, 1.82) is 0 Å². The highest BCUT2D eigenvalue weighted by Crippen LogP contribution is 2.41. The molecule has 3 rings (SSSR count). The van der Waals surface area contributed by atoms with E-state index in [4.69, 9.17) is 29.3 Å². The molecule has 0 saturated carbocycles.